The lowest BCUT2D eigenvalue weighted by molar-refractivity contribution is 0.350. The van der Waals surface area contributed by atoms with Gasteiger partial charge in [-0.1, -0.05) is 42.5 Å². The molecule has 0 bridgehead atoms. The topological polar surface area (TPSA) is 19.9 Å². The van der Waals surface area contributed by atoms with Gasteiger partial charge in [-0.05, 0) is 24.5 Å². The first-order chi connectivity index (χ1) is 6.43. The smallest absolute Gasteiger partial charge is 0.139 e. The average molecular weight is 173 g/mol. The van der Waals surface area contributed by atoms with Crippen LogP contribution in [0.25, 0.3) is 0 Å². The Kier molecular flexibility index (Phi) is 4.47. The molecule has 67 valence electrons. The van der Waals surface area contributed by atoms with Gasteiger partial charge in [0.1, 0.15) is 6.26 Å². The molecule has 1 aromatic carbocycles. The predicted octanol–water partition coefficient (Wildman–Crippen LogP) is 3.12. The highest BCUT2D eigenvalue weighted by atomic mass is 16.2. The van der Waals surface area contributed by atoms with E-state index in [4.69, 9.17) is 0 Å². The second kappa shape index (κ2) is 6.06. The number of allylic oxidation sites excluding steroid dienone is 3. The minimum Gasteiger partial charge on any atom is -0.299 e. The minimum absolute atomic E-state index is 0.732. The average Bonchev–Trinajstić information content (AvgIpc) is 2.19. The summed E-state index contributed by atoms with van der Waals surface area (Å²) in [6, 6.07) is 10.2. The van der Waals surface area contributed by atoms with Gasteiger partial charge in [-0.3, -0.25) is 5.11 Å². The molecule has 0 N–H and O–H groups in total. The van der Waals surface area contributed by atoms with Crippen molar-refractivity contribution in [2.75, 3.05) is 0 Å². The normalized spacial score (nSPS) is 11.4. The molecule has 0 spiro atoms. The molecule has 0 unspecified atom stereocenters. The third-order valence-electron chi connectivity index (χ3n) is 1.73. The molecule has 13 heavy (non-hydrogen) atoms. The molecule has 0 atom stereocenters. The monoisotopic (exact) mass is 173 g/mol. The minimum atomic E-state index is 0.732. The second-order valence-corrected chi connectivity index (χ2v) is 2.77. The highest BCUT2D eigenvalue weighted by Gasteiger charge is 1.84. The van der Waals surface area contributed by atoms with Gasteiger partial charge in [0.05, 0.1) is 0 Å². The van der Waals surface area contributed by atoms with Crippen LogP contribution in [0.3, 0.4) is 0 Å². The molecule has 0 aromatic heterocycles. The van der Waals surface area contributed by atoms with Crippen LogP contribution in [0.5, 0.6) is 0 Å². The van der Waals surface area contributed by atoms with E-state index in [1.54, 1.807) is 6.08 Å². The predicted molar refractivity (Wildman–Crippen MR) is 53.7 cm³/mol. The third-order valence-corrected chi connectivity index (χ3v) is 1.73. The van der Waals surface area contributed by atoms with Gasteiger partial charge in [-0.2, -0.15) is 0 Å². The van der Waals surface area contributed by atoms with Gasteiger partial charge in [-0.15, -0.1) is 0 Å². The zero-order chi connectivity index (χ0) is 9.36. The molecule has 0 saturated carbocycles. The summed E-state index contributed by atoms with van der Waals surface area (Å²) in [7, 11) is 0. The van der Waals surface area contributed by atoms with Crippen molar-refractivity contribution >= 4 is 0 Å². The summed E-state index contributed by atoms with van der Waals surface area (Å²) in [4.78, 5) is 0. The maximum atomic E-state index is 9.95. The lowest BCUT2D eigenvalue weighted by atomic mass is 10.1. The quantitative estimate of drug-likeness (QED) is 0.492. The number of rotatable bonds is 4. The SMILES string of the molecule is [O]C=CCC=CCc1ccccc1. The molecule has 1 heteroatoms. The molecule has 0 amide bonds. The molecule has 0 saturated heterocycles. The Morgan fingerprint density at radius 1 is 1.00 bits per heavy atom. The first-order valence-corrected chi connectivity index (χ1v) is 4.39. The van der Waals surface area contributed by atoms with Gasteiger partial charge in [0.15, 0.2) is 0 Å². The Morgan fingerprint density at radius 3 is 2.46 bits per heavy atom. The molecule has 0 heterocycles. The Labute approximate surface area is 79.0 Å². The van der Waals surface area contributed by atoms with E-state index in [1.165, 1.54) is 5.56 Å². The Balaban J connectivity index is 2.31. The van der Waals surface area contributed by atoms with E-state index < -0.39 is 0 Å². The molecule has 0 aliphatic carbocycles. The van der Waals surface area contributed by atoms with Crippen LogP contribution in [0.15, 0.2) is 54.8 Å². The zero-order valence-corrected chi connectivity index (χ0v) is 7.52. The van der Waals surface area contributed by atoms with E-state index in [9.17, 15) is 5.11 Å². The van der Waals surface area contributed by atoms with Crippen LogP contribution in [0.1, 0.15) is 12.0 Å². The van der Waals surface area contributed by atoms with Crippen LogP contribution >= 0.6 is 0 Å². The maximum Gasteiger partial charge on any atom is 0.139 e. The molecule has 0 aliphatic rings. The van der Waals surface area contributed by atoms with Gasteiger partial charge in [0, 0.05) is 0 Å². The molecule has 0 fully saturated rings. The summed E-state index contributed by atoms with van der Waals surface area (Å²) >= 11 is 0. The lowest BCUT2D eigenvalue weighted by Crippen LogP contribution is -1.77. The molecule has 1 radical (unpaired) electrons. The van der Waals surface area contributed by atoms with Gasteiger partial charge in [0.2, 0.25) is 0 Å². The van der Waals surface area contributed by atoms with Crippen molar-refractivity contribution in [3.8, 4) is 0 Å². The zero-order valence-electron chi connectivity index (χ0n) is 7.52. The highest BCUT2D eigenvalue weighted by Crippen LogP contribution is 2.00. The number of hydrogen-bond donors (Lipinski definition) is 0. The number of benzene rings is 1. The molecular formula is C12H13O. The molecule has 1 aromatic rings. The molecular weight excluding hydrogens is 160 g/mol. The maximum absolute atomic E-state index is 9.95. The third kappa shape index (κ3) is 4.16. The summed E-state index contributed by atoms with van der Waals surface area (Å²) in [5.74, 6) is 0. The fraction of sp³-hybridized carbons (Fsp3) is 0.167. The van der Waals surface area contributed by atoms with Gasteiger partial charge < -0.3 is 0 Å². The van der Waals surface area contributed by atoms with E-state index in [2.05, 4.69) is 18.2 Å². The van der Waals surface area contributed by atoms with Crippen LogP contribution < -0.4 is 0 Å². The van der Waals surface area contributed by atoms with Crippen molar-refractivity contribution in [3.05, 3.63) is 60.4 Å². The Bertz CT molecular complexity index is 272. The molecule has 1 nitrogen and oxygen atoms in total. The van der Waals surface area contributed by atoms with Crippen LogP contribution in [-0.4, -0.2) is 0 Å². The summed E-state index contributed by atoms with van der Waals surface area (Å²) in [5.41, 5.74) is 1.30. The van der Waals surface area contributed by atoms with Crippen molar-refractivity contribution in [3.63, 3.8) is 0 Å². The van der Waals surface area contributed by atoms with Gasteiger partial charge in [-0.25, -0.2) is 0 Å². The van der Waals surface area contributed by atoms with Crippen molar-refractivity contribution in [1.82, 2.24) is 0 Å². The van der Waals surface area contributed by atoms with Crippen molar-refractivity contribution < 1.29 is 5.11 Å². The highest BCUT2D eigenvalue weighted by molar-refractivity contribution is 5.17. The van der Waals surface area contributed by atoms with Gasteiger partial charge in [0.25, 0.3) is 0 Å². The Hall–Kier alpha value is -1.50. The van der Waals surface area contributed by atoms with E-state index in [0.717, 1.165) is 19.1 Å². The van der Waals surface area contributed by atoms with E-state index in [-0.39, 0.29) is 0 Å². The van der Waals surface area contributed by atoms with Crippen molar-refractivity contribution in [2.24, 2.45) is 0 Å². The van der Waals surface area contributed by atoms with Crippen LogP contribution in [0.4, 0.5) is 0 Å². The summed E-state index contributed by atoms with van der Waals surface area (Å²) in [6.07, 6.45) is 8.18. The summed E-state index contributed by atoms with van der Waals surface area (Å²) in [5, 5.41) is 9.95. The first-order valence-electron chi connectivity index (χ1n) is 4.39. The van der Waals surface area contributed by atoms with Crippen molar-refractivity contribution in [1.29, 1.82) is 0 Å². The van der Waals surface area contributed by atoms with E-state index >= 15 is 0 Å². The fourth-order valence-corrected chi connectivity index (χ4v) is 1.06. The lowest BCUT2D eigenvalue weighted by Gasteiger charge is -1.92. The van der Waals surface area contributed by atoms with E-state index in [1.807, 2.05) is 24.3 Å². The van der Waals surface area contributed by atoms with Crippen LogP contribution in [0.2, 0.25) is 0 Å². The summed E-state index contributed by atoms with van der Waals surface area (Å²) in [6.45, 7) is 0. The van der Waals surface area contributed by atoms with E-state index in [0.29, 0.717) is 0 Å². The Morgan fingerprint density at radius 2 is 1.77 bits per heavy atom. The molecule has 0 aliphatic heterocycles. The first kappa shape index (κ1) is 9.59. The summed E-state index contributed by atoms with van der Waals surface area (Å²) < 4.78 is 0. The van der Waals surface area contributed by atoms with Crippen LogP contribution in [-0.2, 0) is 11.5 Å². The van der Waals surface area contributed by atoms with Crippen molar-refractivity contribution in [2.45, 2.75) is 12.8 Å². The molecule has 1 rings (SSSR count). The van der Waals surface area contributed by atoms with Gasteiger partial charge >= 0.3 is 0 Å². The largest absolute Gasteiger partial charge is 0.299 e. The number of hydrogen-bond acceptors (Lipinski definition) is 0. The second-order valence-electron chi connectivity index (χ2n) is 2.77. The standard InChI is InChI=1S/C12H13O/c13-11-7-2-1-4-8-12-9-5-3-6-10-12/h1,3-7,9-11H,2,8H2. The van der Waals surface area contributed by atoms with Crippen LogP contribution in [0, 0.1) is 0 Å². The fourth-order valence-electron chi connectivity index (χ4n) is 1.06.